The maximum atomic E-state index is 11.5. The van der Waals surface area contributed by atoms with E-state index in [9.17, 15) is 13.2 Å². The van der Waals surface area contributed by atoms with E-state index < -0.39 is 16.1 Å². The van der Waals surface area contributed by atoms with Gasteiger partial charge in [0.05, 0.1) is 11.9 Å². The summed E-state index contributed by atoms with van der Waals surface area (Å²) in [6, 6.07) is 6.55. The summed E-state index contributed by atoms with van der Waals surface area (Å²) in [6.45, 7) is 1.85. The van der Waals surface area contributed by atoms with E-state index in [-0.39, 0.29) is 5.91 Å². The molecule has 0 radical (unpaired) electrons. The SMILES string of the molecule is CC[C@@H](Oc1ccc(N(C)S(C)(=O)=O)cc1)C(=O)NC. The van der Waals surface area contributed by atoms with Crippen molar-refractivity contribution in [1.82, 2.24) is 5.32 Å². The summed E-state index contributed by atoms with van der Waals surface area (Å²) in [6.07, 6.45) is 1.12. The molecule has 0 aliphatic carbocycles. The van der Waals surface area contributed by atoms with Gasteiger partial charge in [0, 0.05) is 14.1 Å². The lowest BCUT2D eigenvalue weighted by Crippen LogP contribution is -2.35. The number of carbonyl (C=O) groups is 1. The highest BCUT2D eigenvalue weighted by Crippen LogP contribution is 2.21. The predicted octanol–water partition coefficient (Wildman–Crippen LogP) is 0.986. The number of benzene rings is 1. The van der Waals surface area contributed by atoms with Crippen LogP contribution in [-0.2, 0) is 14.8 Å². The van der Waals surface area contributed by atoms with Crippen molar-refractivity contribution in [1.29, 1.82) is 0 Å². The van der Waals surface area contributed by atoms with Gasteiger partial charge in [-0.05, 0) is 30.7 Å². The molecule has 0 aliphatic rings. The molecule has 20 heavy (non-hydrogen) atoms. The van der Waals surface area contributed by atoms with Crippen LogP contribution in [0.25, 0.3) is 0 Å². The van der Waals surface area contributed by atoms with Crippen LogP contribution in [0.2, 0.25) is 0 Å². The minimum atomic E-state index is -3.29. The van der Waals surface area contributed by atoms with Crippen LogP contribution in [0.3, 0.4) is 0 Å². The highest BCUT2D eigenvalue weighted by molar-refractivity contribution is 7.92. The lowest BCUT2D eigenvalue weighted by molar-refractivity contribution is -0.127. The predicted molar refractivity (Wildman–Crippen MR) is 78.5 cm³/mol. The Hall–Kier alpha value is -1.76. The summed E-state index contributed by atoms with van der Waals surface area (Å²) in [5.74, 6) is 0.330. The zero-order valence-corrected chi connectivity index (χ0v) is 12.9. The molecule has 1 N–H and O–H groups in total. The lowest BCUT2D eigenvalue weighted by atomic mass is 10.2. The number of hydrogen-bond donors (Lipinski definition) is 1. The smallest absolute Gasteiger partial charge is 0.260 e. The molecule has 1 amide bonds. The third kappa shape index (κ3) is 4.12. The van der Waals surface area contributed by atoms with Gasteiger partial charge in [-0.1, -0.05) is 6.92 Å². The molecule has 1 rings (SSSR count). The molecule has 0 fully saturated rings. The van der Waals surface area contributed by atoms with Crippen LogP contribution in [0, 0.1) is 0 Å². The van der Waals surface area contributed by atoms with E-state index in [1.807, 2.05) is 6.92 Å². The fourth-order valence-corrected chi connectivity index (χ4v) is 2.08. The molecule has 112 valence electrons. The van der Waals surface area contributed by atoms with Crippen LogP contribution < -0.4 is 14.4 Å². The number of hydrogen-bond acceptors (Lipinski definition) is 4. The van der Waals surface area contributed by atoms with E-state index in [2.05, 4.69) is 5.32 Å². The van der Waals surface area contributed by atoms with E-state index in [0.717, 1.165) is 6.26 Å². The second-order valence-electron chi connectivity index (χ2n) is 4.35. The molecule has 0 spiro atoms. The maximum absolute atomic E-state index is 11.5. The topological polar surface area (TPSA) is 75.7 Å². The Morgan fingerprint density at radius 1 is 1.35 bits per heavy atom. The fourth-order valence-electron chi connectivity index (χ4n) is 1.57. The van der Waals surface area contributed by atoms with Crippen molar-refractivity contribution < 1.29 is 17.9 Å². The summed E-state index contributed by atoms with van der Waals surface area (Å²) in [7, 11) is -0.255. The minimum Gasteiger partial charge on any atom is -0.481 e. The van der Waals surface area contributed by atoms with E-state index in [1.54, 1.807) is 31.3 Å². The number of ether oxygens (including phenoxy) is 1. The maximum Gasteiger partial charge on any atom is 0.260 e. The van der Waals surface area contributed by atoms with Crippen molar-refractivity contribution in [2.75, 3.05) is 24.7 Å². The number of rotatable bonds is 6. The summed E-state index contributed by atoms with van der Waals surface area (Å²) in [5, 5.41) is 2.53. The molecule has 1 atom stereocenters. The average Bonchev–Trinajstić information content (AvgIpc) is 2.42. The van der Waals surface area contributed by atoms with Crippen molar-refractivity contribution in [2.45, 2.75) is 19.4 Å². The van der Waals surface area contributed by atoms with Gasteiger partial charge in [-0.3, -0.25) is 9.10 Å². The van der Waals surface area contributed by atoms with Crippen LogP contribution >= 0.6 is 0 Å². The van der Waals surface area contributed by atoms with Crippen molar-refractivity contribution >= 4 is 21.6 Å². The van der Waals surface area contributed by atoms with Crippen LogP contribution in [0.1, 0.15) is 13.3 Å². The quantitative estimate of drug-likeness (QED) is 0.850. The van der Waals surface area contributed by atoms with Gasteiger partial charge in [0.15, 0.2) is 6.10 Å². The number of amides is 1. The standard InChI is InChI=1S/C13H20N2O4S/c1-5-12(13(16)14-2)19-11-8-6-10(7-9-11)15(3)20(4,17)18/h6-9,12H,5H2,1-4H3,(H,14,16)/t12-/m1/s1. The first kappa shape index (κ1) is 16.3. The number of likely N-dealkylation sites (N-methyl/N-ethyl adjacent to an activating group) is 1. The Kier molecular flexibility index (Phi) is 5.38. The first-order chi connectivity index (χ1) is 9.29. The van der Waals surface area contributed by atoms with Crippen molar-refractivity contribution in [3.63, 3.8) is 0 Å². The second-order valence-corrected chi connectivity index (χ2v) is 6.37. The van der Waals surface area contributed by atoms with Crippen LogP contribution in [0.15, 0.2) is 24.3 Å². The molecular formula is C13H20N2O4S. The van der Waals surface area contributed by atoms with E-state index in [0.29, 0.717) is 17.9 Å². The zero-order valence-electron chi connectivity index (χ0n) is 12.1. The molecule has 1 aromatic rings. The molecule has 0 saturated carbocycles. The van der Waals surface area contributed by atoms with Crippen molar-refractivity contribution in [2.24, 2.45) is 0 Å². The average molecular weight is 300 g/mol. The van der Waals surface area contributed by atoms with Crippen LogP contribution in [0.4, 0.5) is 5.69 Å². The summed E-state index contributed by atoms with van der Waals surface area (Å²) in [4.78, 5) is 11.5. The summed E-state index contributed by atoms with van der Waals surface area (Å²) < 4.78 is 29.6. The molecule has 6 nitrogen and oxygen atoms in total. The third-order valence-corrected chi connectivity index (χ3v) is 4.09. The van der Waals surface area contributed by atoms with Gasteiger partial charge in [0.25, 0.3) is 5.91 Å². The molecule has 0 aliphatic heterocycles. The molecule has 0 unspecified atom stereocenters. The van der Waals surface area contributed by atoms with Gasteiger partial charge < -0.3 is 10.1 Å². The van der Waals surface area contributed by atoms with Crippen molar-refractivity contribution in [3.8, 4) is 5.75 Å². The van der Waals surface area contributed by atoms with Gasteiger partial charge in [0.2, 0.25) is 10.0 Å². The van der Waals surface area contributed by atoms with Gasteiger partial charge >= 0.3 is 0 Å². The highest BCUT2D eigenvalue weighted by Gasteiger charge is 2.17. The van der Waals surface area contributed by atoms with Crippen LogP contribution in [0.5, 0.6) is 5.75 Å². The monoisotopic (exact) mass is 300 g/mol. The van der Waals surface area contributed by atoms with Crippen LogP contribution in [-0.4, -0.2) is 40.8 Å². The number of nitrogens with one attached hydrogen (secondary N) is 1. The third-order valence-electron chi connectivity index (χ3n) is 2.89. The summed E-state index contributed by atoms with van der Waals surface area (Å²) >= 11 is 0. The van der Waals surface area contributed by atoms with E-state index in [1.165, 1.54) is 11.4 Å². The number of nitrogens with zero attached hydrogens (tertiary/aromatic N) is 1. The van der Waals surface area contributed by atoms with Gasteiger partial charge in [-0.2, -0.15) is 0 Å². The van der Waals surface area contributed by atoms with E-state index in [4.69, 9.17) is 4.74 Å². The molecule has 1 aromatic carbocycles. The molecule has 0 bridgehead atoms. The first-order valence-electron chi connectivity index (χ1n) is 6.21. The zero-order chi connectivity index (χ0) is 15.3. The minimum absolute atomic E-state index is 0.190. The Morgan fingerprint density at radius 2 is 1.90 bits per heavy atom. The molecule has 0 saturated heterocycles. The van der Waals surface area contributed by atoms with Gasteiger partial charge in [0.1, 0.15) is 5.75 Å². The Labute approximate surface area is 119 Å². The molecule has 7 heteroatoms. The summed E-state index contributed by atoms with van der Waals surface area (Å²) in [5.41, 5.74) is 0.535. The molecule has 0 heterocycles. The highest BCUT2D eigenvalue weighted by atomic mass is 32.2. The normalized spacial score (nSPS) is 12.6. The van der Waals surface area contributed by atoms with Gasteiger partial charge in [-0.25, -0.2) is 8.42 Å². The van der Waals surface area contributed by atoms with E-state index >= 15 is 0 Å². The second kappa shape index (κ2) is 6.60. The van der Waals surface area contributed by atoms with Crippen molar-refractivity contribution in [3.05, 3.63) is 24.3 Å². The first-order valence-corrected chi connectivity index (χ1v) is 8.06. The van der Waals surface area contributed by atoms with Gasteiger partial charge in [-0.15, -0.1) is 0 Å². The number of sulfonamides is 1. The number of carbonyl (C=O) groups excluding carboxylic acids is 1. The lowest BCUT2D eigenvalue weighted by Gasteiger charge is -2.19. The largest absolute Gasteiger partial charge is 0.481 e. The Morgan fingerprint density at radius 3 is 2.30 bits per heavy atom. The molecule has 0 aromatic heterocycles. The molecular weight excluding hydrogens is 280 g/mol. The number of anilines is 1. The Bertz CT molecular complexity index is 554. The Balaban J connectivity index is 2.84. The fraction of sp³-hybridized carbons (Fsp3) is 0.462.